The normalized spacial score (nSPS) is 16.6. The fraction of sp³-hybridized carbons (Fsp3) is 0.350. The van der Waals surface area contributed by atoms with E-state index in [0.717, 1.165) is 11.3 Å². The topological polar surface area (TPSA) is 75.7 Å². The van der Waals surface area contributed by atoms with Crippen molar-refractivity contribution in [3.05, 3.63) is 65.7 Å². The Kier molecular flexibility index (Phi) is 6.47. The van der Waals surface area contributed by atoms with Crippen LogP contribution < -0.4 is 10.1 Å². The van der Waals surface area contributed by atoms with Crippen molar-refractivity contribution in [1.82, 2.24) is 10.2 Å². The summed E-state index contributed by atoms with van der Waals surface area (Å²) in [5.41, 5.74) is 1.41. The van der Waals surface area contributed by atoms with Crippen molar-refractivity contribution in [1.29, 1.82) is 0 Å². The molecule has 0 unspecified atom stereocenters. The number of nitrogens with one attached hydrogen (secondary N) is 1. The maximum absolute atomic E-state index is 12.5. The highest BCUT2D eigenvalue weighted by atomic mass is 32.2. The second-order valence-corrected chi connectivity index (χ2v) is 8.81. The summed E-state index contributed by atoms with van der Waals surface area (Å²) in [6, 6.07) is 16.9. The molecule has 0 atom stereocenters. The van der Waals surface area contributed by atoms with Crippen molar-refractivity contribution >= 4 is 15.7 Å². The molecule has 1 amide bonds. The number of benzene rings is 2. The van der Waals surface area contributed by atoms with Crippen molar-refractivity contribution in [2.45, 2.75) is 6.61 Å². The van der Waals surface area contributed by atoms with Gasteiger partial charge in [0.25, 0.3) is 5.91 Å². The van der Waals surface area contributed by atoms with Gasteiger partial charge in [-0.2, -0.15) is 0 Å². The first-order valence-corrected chi connectivity index (χ1v) is 10.8. The lowest BCUT2D eigenvalue weighted by Gasteiger charge is -2.26. The van der Waals surface area contributed by atoms with Gasteiger partial charge in [-0.25, -0.2) is 8.42 Å². The molecule has 3 rings (SSSR count). The molecule has 0 spiro atoms. The predicted octanol–water partition coefficient (Wildman–Crippen LogP) is 1.73. The summed E-state index contributed by atoms with van der Waals surface area (Å²) in [5, 5.41) is 2.92. The third kappa shape index (κ3) is 5.80. The number of carbonyl (C=O) groups excluding carboxylic acids is 1. The number of hydrogen-bond donors (Lipinski definition) is 1. The maximum atomic E-state index is 12.5. The van der Waals surface area contributed by atoms with Gasteiger partial charge in [0.2, 0.25) is 0 Å². The first-order valence-electron chi connectivity index (χ1n) is 9.00. The van der Waals surface area contributed by atoms with E-state index in [1.54, 1.807) is 6.07 Å². The summed E-state index contributed by atoms with van der Waals surface area (Å²) in [5.74, 6) is 1.00. The Morgan fingerprint density at radius 3 is 2.41 bits per heavy atom. The molecule has 1 saturated heterocycles. The molecular weight excluding hydrogens is 364 g/mol. The molecule has 27 heavy (non-hydrogen) atoms. The Labute approximate surface area is 160 Å². The van der Waals surface area contributed by atoms with Crippen LogP contribution in [-0.2, 0) is 16.4 Å². The minimum absolute atomic E-state index is 0.146. The summed E-state index contributed by atoms with van der Waals surface area (Å²) in [4.78, 5) is 14.6. The quantitative estimate of drug-likeness (QED) is 0.782. The van der Waals surface area contributed by atoms with E-state index in [4.69, 9.17) is 4.74 Å². The van der Waals surface area contributed by atoms with Crippen LogP contribution in [0.3, 0.4) is 0 Å². The monoisotopic (exact) mass is 388 g/mol. The van der Waals surface area contributed by atoms with Crippen molar-refractivity contribution in [3.8, 4) is 5.75 Å². The smallest absolute Gasteiger partial charge is 0.251 e. The standard InChI is InChI=1S/C20H24N2O4S/c23-20(21-10-11-22-12-14-27(24,25)15-13-22)19-9-5-4-6-17(19)16-26-18-7-2-1-3-8-18/h1-9H,10-16H2,(H,21,23). The zero-order valence-electron chi connectivity index (χ0n) is 15.1. The minimum Gasteiger partial charge on any atom is -0.489 e. The van der Waals surface area contributed by atoms with Gasteiger partial charge in [-0.15, -0.1) is 0 Å². The van der Waals surface area contributed by atoms with Crippen LogP contribution in [0, 0.1) is 0 Å². The molecule has 0 aliphatic carbocycles. The minimum atomic E-state index is -2.88. The van der Waals surface area contributed by atoms with Crippen LogP contribution in [-0.4, -0.2) is 56.9 Å². The predicted molar refractivity (Wildman–Crippen MR) is 105 cm³/mol. The molecule has 1 heterocycles. The van der Waals surface area contributed by atoms with Crippen LogP contribution in [0.2, 0.25) is 0 Å². The molecule has 1 aliphatic rings. The van der Waals surface area contributed by atoms with E-state index in [1.165, 1.54) is 0 Å². The van der Waals surface area contributed by atoms with E-state index < -0.39 is 9.84 Å². The first-order chi connectivity index (χ1) is 13.0. The lowest BCUT2D eigenvalue weighted by Crippen LogP contribution is -2.43. The third-order valence-electron chi connectivity index (χ3n) is 4.55. The van der Waals surface area contributed by atoms with Gasteiger partial charge in [-0.05, 0) is 18.2 Å². The number of rotatable bonds is 7. The SMILES string of the molecule is O=C(NCCN1CCS(=O)(=O)CC1)c1ccccc1COc1ccccc1. The fourth-order valence-electron chi connectivity index (χ4n) is 2.94. The molecule has 6 nitrogen and oxygen atoms in total. The van der Waals surface area contributed by atoms with Crippen LogP contribution in [0.1, 0.15) is 15.9 Å². The summed E-state index contributed by atoms with van der Waals surface area (Å²) < 4.78 is 28.7. The molecular formula is C20H24N2O4S. The van der Waals surface area contributed by atoms with Gasteiger partial charge < -0.3 is 10.1 Å². The van der Waals surface area contributed by atoms with Gasteiger partial charge in [-0.1, -0.05) is 36.4 Å². The largest absolute Gasteiger partial charge is 0.489 e. The van der Waals surface area contributed by atoms with Gasteiger partial charge in [0.1, 0.15) is 12.4 Å². The number of carbonyl (C=O) groups is 1. The lowest BCUT2D eigenvalue weighted by molar-refractivity contribution is 0.0946. The van der Waals surface area contributed by atoms with E-state index in [9.17, 15) is 13.2 Å². The molecule has 0 bridgehead atoms. The van der Waals surface area contributed by atoms with Crippen LogP contribution in [0.5, 0.6) is 5.75 Å². The Hall–Kier alpha value is -2.38. The molecule has 2 aromatic rings. The molecule has 1 fully saturated rings. The third-order valence-corrected chi connectivity index (χ3v) is 6.16. The maximum Gasteiger partial charge on any atom is 0.251 e. The van der Waals surface area contributed by atoms with Gasteiger partial charge in [0, 0.05) is 37.3 Å². The Morgan fingerprint density at radius 1 is 1.00 bits per heavy atom. The highest BCUT2D eigenvalue weighted by Gasteiger charge is 2.21. The Morgan fingerprint density at radius 2 is 1.67 bits per heavy atom. The van der Waals surface area contributed by atoms with Crippen molar-refractivity contribution < 1.29 is 17.9 Å². The molecule has 0 radical (unpaired) electrons. The fourth-order valence-corrected chi connectivity index (χ4v) is 4.22. The molecule has 1 aliphatic heterocycles. The number of sulfone groups is 1. The summed E-state index contributed by atoms with van der Waals surface area (Å²) in [7, 11) is -2.88. The first kappa shape index (κ1) is 19.4. The lowest BCUT2D eigenvalue weighted by atomic mass is 10.1. The zero-order chi connectivity index (χ0) is 19.1. The van der Waals surface area contributed by atoms with Crippen molar-refractivity contribution in [2.75, 3.05) is 37.7 Å². The average molecular weight is 388 g/mol. The zero-order valence-corrected chi connectivity index (χ0v) is 16.0. The van der Waals surface area contributed by atoms with Crippen LogP contribution in [0.15, 0.2) is 54.6 Å². The average Bonchev–Trinajstić information content (AvgIpc) is 2.68. The molecule has 0 aromatic heterocycles. The van der Waals surface area contributed by atoms with Gasteiger partial charge >= 0.3 is 0 Å². The van der Waals surface area contributed by atoms with Crippen LogP contribution in [0.4, 0.5) is 0 Å². The highest BCUT2D eigenvalue weighted by Crippen LogP contribution is 2.14. The van der Waals surface area contributed by atoms with Crippen molar-refractivity contribution in [2.24, 2.45) is 0 Å². The second kappa shape index (κ2) is 9.01. The van der Waals surface area contributed by atoms with E-state index >= 15 is 0 Å². The molecule has 0 saturated carbocycles. The van der Waals surface area contributed by atoms with Gasteiger partial charge in [0.05, 0.1) is 11.5 Å². The number of ether oxygens (including phenoxy) is 1. The molecule has 144 valence electrons. The van der Waals surface area contributed by atoms with Crippen LogP contribution in [0.25, 0.3) is 0 Å². The van der Waals surface area contributed by atoms with Crippen LogP contribution >= 0.6 is 0 Å². The summed E-state index contributed by atoms with van der Waals surface area (Å²) in [6.45, 7) is 2.49. The van der Waals surface area contributed by atoms with E-state index in [0.29, 0.717) is 38.3 Å². The number of nitrogens with zero attached hydrogens (tertiary/aromatic N) is 1. The highest BCUT2D eigenvalue weighted by molar-refractivity contribution is 7.91. The van der Waals surface area contributed by atoms with E-state index in [2.05, 4.69) is 10.2 Å². The second-order valence-electron chi connectivity index (χ2n) is 6.51. The van der Waals surface area contributed by atoms with Crippen molar-refractivity contribution in [3.63, 3.8) is 0 Å². The number of amides is 1. The summed E-state index contributed by atoms with van der Waals surface area (Å²) >= 11 is 0. The van der Waals surface area contributed by atoms with E-state index in [1.807, 2.05) is 48.5 Å². The molecule has 2 aromatic carbocycles. The van der Waals surface area contributed by atoms with Gasteiger partial charge in [0.15, 0.2) is 9.84 Å². The van der Waals surface area contributed by atoms with Gasteiger partial charge in [-0.3, -0.25) is 9.69 Å². The Balaban J connectivity index is 1.51. The molecule has 7 heteroatoms. The Bertz CT molecular complexity index is 855. The van der Waals surface area contributed by atoms with E-state index in [-0.39, 0.29) is 17.4 Å². The summed E-state index contributed by atoms with van der Waals surface area (Å²) in [6.07, 6.45) is 0. The number of hydrogen-bond acceptors (Lipinski definition) is 5. The number of para-hydroxylation sites is 1. The molecule has 1 N–H and O–H groups in total.